The number of aryl methyl sites for hydroxylation is 2. The molecule has 0 aliphatic carbocycles. The van der Waals surface area contributed by atoms with Gasteiger partial charge in [-0.2, -0.15) is 0 Å². The Labute approximate surface area is 106 Å². The number of aromatic nitrogens is 1. The van der Waals surface area contributed by atoms with Gasteiger partial charge in [-0.1, -0.05) is 23.7 Å². The predicted octanol–water partition coefficient (Wildman–Crippen LogP) is 3.23. The van der Waals surface area contributed by atoms with Gasteiger partial charge in [0.1, 0.15) is 5.76 Å². The maximum absolute atomic E-state index is 6.14. The van der Waals surface area contributed by atoms with Crippen LogP contribution < -0.4 is 5.32 Å². The zero-order valence-corrected chi connectivity index (χ0v) is 10.7. The molecule has 0 unspecified atom stereocenters. The minimum Gasteiger partial charge on any atom is -0.445 e. The normalized spacial score (nSPS) is 10.8. The van der Waals surface area contributed by atoms with E-state index in [0.717, 1.165) is 16.3 Å². The second-order valence-corrected chi connectivity index (χ2v) is 4.47. The Morgan fingerprint density at radius 2 is 2.12 bits per heavy atom. The third kappa shape index (κ3) is 3.32. The topological polar surface area (TPSA) is 38.1 Å². The summed E-state index contributed by atoms with van der Waals surface area (Å²) in [6.07, 6.45) is 1.72. The average Bonchev–Trinajstić information content (AvgIpc) is 2.68. The zero-order valence-electron chi connectivity index (χ0n) is 9.96. The third-order valence-electron chi connectivity index (χ3n) is 2.47. The SMILES string of the molecule is Cc1ccc(CNCc2ncc(C)o2)c(Cl)c1. The summed E-state index contributed by atoms with van der Waals surface area (Å²) >= 11 is 6.14. The molecule has 2 rings (SSSR count). The standard InChI is InChI=1S/C13H15ClN2O/c1-9-3-4-11(12(14)5-9)7-15-8-13-16-6-10(2)17-13/h3-6,15H,7-8H2,1-2H3. The van der Waals surface area contributed by atoms with E-state index in [1.165, 1.54) is 5.56 Å². The second kappa shape index (κ2) is 5.34. The maximum Gasteiger partial charge on any atom is 0.208 e. The van der Waals surface area contributed by atoms with Gasteiger partial charge in [-0.15, -0.1) is 0 Å². The van der Waals surface area contributed by atoms with Crippen molar-refractivity contribution in [2.24, 2.45) is 0 Å². The maximum atomic E-state index is 6.14. The molecule has 0 saturated carbocycles. The molecule has 4 heteroatoms. The fourth-order valence-electron chi connectivity index (χ4n) is 1.58. The first-order chi connectivity index (χ1) is 8.15. The molecular formula is C13H15ClN2O. The average molecular weight is 251 g/mol. The Kier molecular flexibility index (Phi) is 3.82. The van der Waals surface area contributed by atoms with Crippen molar-refractivity contribution >= 4 is 11.6 Å². The summed E-state index contributed by atoms with van der Waals surface area (Å²) in [5.74, 6) is 1.53. The number of benzene rings is 1. The molecule has 0 spiro atoms. The molecule has 0 aliphatic rings. The Bertz CT molecular complexity index is 508. The molecule has 2 aromatic rings. The fourth-order valence-corrected chi connectivity index (χ4v) is 1.88. The minimum absolute atomic E-state index is 0.609. The van der Waals surface area contributed by atoms with E-state index in [1.807, 2.05) is 26.0 Å². The largest absolute Gasteiger partial charge is 0.445 e. The van der Waals surface area contributed by atoms with Gasteiger partial charge in [-0.05, 0) is 31.0 Å². The van der Waals surface area contributed by atoms with E-state index in [0.29, 0.717) is 19.0 Å². The number of nitrogens with one attached hydrogen (secondary N) is 1. The first-order valence-corrected chi connectivity index (χ1v) is 5.90. The van der Waals surface area contributed by atoms with E-state index < -0.39 is 0 Å². The van der Waals surface area contributed by atoms with Crippen LogP contribution in [0.2, 0.25) is 5.02 Å². The van der Waals surface area contributed by atoms with Crippen molar-refractivity contribution in [3.8, 4) is 0 Å². The Hall–Kier alpha value is -1.32. The summed E-state index contributed by atoms with van der Waals surface area (Å²) in [4.78, 5) is 4.12. The van der Waals surface area contributed by atoms with Crippen molar-refractivity contribution < 1.29 is 4.42 Å². The number of hydrogen-bond donors (Lipinski definition) is 1. The van der Waals surface area contributed by atoms with Crippen LogP contribution in [0.1, 0.15) is 22.8 Å². The smallest absolute Gasteiger partial charge is 0.208 e. The first kappa shape index (κ1) is 12.1. The van der Waals surface area contributed by atoms with E-state index in [1.54, 1.807) is 6.20 Å². The van der Waals surface area contributed by atoms with Crippen LogP contribution in [-0.4, -0.2) is 4.98 Å². The van der Waals surface area contributed by atoms with Gasteiger partial charge >= 0.3 is 0 Å². The quantitative estimate of drug-likeness (QED) is 0.905. The molecule has 0 bridgehead atoms. The van der Waals surface area contributed by atoms with E-state index in [-0.39, 0.29) is 0 Å². The van der Waals surface area contributed by atoms with E-state index in [9.17, 15) is 0 Å². The van der Waals surface area contributed by atoms with E-state index in [4.69, 9.17) is 16.0 Å². The van der Waals surface area contributed by atoms with Crippen molar-refractivity contribution in [2.45, 2.75) is 26.9 Å². The minimum atomic E-state index is 0.609. The summed E-state index contributed by atoms with van der Waals surface area (Å²) in [6, 6.07) is 6.05. The van der Waals surface area contributed by atoms with Gasteiger partial charge in [0.2, 0.25) is 5.89 Å². The number of halogens is 1. The lowest BCUT2D eigenvalue weighted by Gasteiger charge is -2.05. The van der Waals surface area contributed by atoms with Crippen LogP contribution in [0, 0.1) is 13.8 Å². The zero-order chi connectivity index (χ0) is 12.3. The highest BCUT2D eigenvalue weighted by atomic mass is 35.5. The van der Waals surface area contributed by atoms with Crippen LogP contribution in [-0.2, 0) is 13.1 Å². The molecule has 90 valence electrons. The van der Waals surface area contributed by atoms with Gasteiger partial charge in [-0.3, -0.25) is 0 Å². The second-order valence-electron chi connectivity index (χ2n) is 4.06. The van der Waals surface area contributed by atoms with Gasteiger partial charge in [-0.25, -0.2) is 4.98 Å². The van der Waals surface area contributed by atoms with Gasteiger partial charge < -0.3 is 9.73 Å². The van der Waals surface area contributed by atoms with Crippen molar-refractivity contribution in [1.82, 2.24) is 10.3 Å². The highest BCUT2D eigenvalue weighted by Crippen LogP contribution is 2.17. The Morgan fingerprint density at radius 3 is 2.76 bits per heavy atom. The number of hydrogen-bond acceptors (Lipinski definition) is 3. The number of nitrogens with zero attached hydrogens (tertiary/aromatic N) is 1. The highest BCUT2D eigenvalue weighted by Gasteiger charge is 2.02. The molecule has 0 fully saturated rings. The monoisotopic (exact) mass is 250 g/mol. The molecule has 1 N–H and O–H groups in total. The molecule has 0 saturated heterocycles. The fraction of sp³-hybridized carbons (Fsp3) is 0.308. The molecule has 1 aromatic heterocycles. The first-order valence-electron chi connectivity index (χ1n) is 5.52. The Morgan fingerprint density at radius 1 is 1.29 bits per heavy atom. The molecule has 0 aliphatic heterocycles. The number of oxazole rings is 1. The van der Waals surface area contributed by atoms with Gasteiger partial charge in [0.15, 0.2) is 0 Å². The number of rotatable bonds is 4. The molecule has 1 heterocycles. The van der Waals surface area contributed by atoms with Crippen LogP contribution in [0.15, 0.2) is 28.8 Å². The van der Waals surface area contributed by atoms with Gasteiger partial charge in [0.05, 0.1) is 12.7 Å². The van der Waals surface area contributed by atoms with Crippen LogP contribution in [0.4, 0.5) is 0 Å². The van der Waals surface area contributed by atoms with Crippen molar-refractivity contribution in [3.05, 3.63) is 52.2 Å². The highest BCUT2D eigenvalue weighted by molar-refractivity contribution is 6.31. The van der Waals surface area contributed by atoms with Crippen LogP contribution in [0.5, 0.6) is 0 Å². The summed E-state index contributed by atoms with van der Waals surface area (Å²) < 4.78 is 5.36. The third-order valence-corrected chi connectivity index (χ3v) is 2.82. The van der Waals surface area contributed by atoms with Crippen LogP contribution in [0.3, 0.4) is 0 Å². The summed E-state index contributed by atoms with van der Waals surface area (Å²) in [6.45, 7) is 5.23. The van der Waals surface area contributed by atoms with Crippen molar-refractivity contribution in [1.29, 1.82) is 0 Å². The molecular weight excluding hydrogens is 236 g/mol. The van der Waals surface area contributed by atoms with Crippen molar-refractivity contribution in [2.75, 3.05) is 0 Å². The molecule has 0 atom stereocenters. The Balaban J connectivity index is 1.90. The molecule has 17 heavy (non-hydrogen) atoms. The molecule has 0 radical (unpaired) electrons. The molecule has 3 nitrogen and oxygen atoms in total. The molecule has 0 amide bonds. The summed E-state index contributed by atoms with van der Waals surface area (Å²) in [7, 11) is 0. The van der Waals surface area contributed by atoms with Crippen molar-refractivity contribution in [3.63, 3.8) is 0 Å². The lowest BCUT2D eigenvalue weighted by atomic mass is 10.1. The van der Waals surface area contributed by atoms with Gasteiger partial charge in [0.25, 0.3) is 0 Å². The summed E-state index contributed by atoms with van der Waals surface area (Å²) in [5.41, 5.74) is 2.25. The van der Waals surface area contributed by atoms with E-state index in [2.05, 4.69) is 16.4 Å². The molecule has 1 aromatic carbocycles. The lowest BCUT2D eigenvalue weighted by Crippen LogP contribution is -2.13. The predicted molar refractivity (Wildman–Crippen MR) is 68.0 cm³/mol. The van der Waals surface area contributed by atoms with Crippen LogP contribution >= 0.6 is 11.6 Å². The van der Waals surface area contributed by atoms with Gasteiger partial charge in [0, 0.05) is 11.6 Å². The lowest BCUT2D eigenvalue weighted by molar-refractivity contribution is 0.449. The van der Waals surface area contributed by atoms with Crippen LogP contribution in [0.25, 0.3) is 0 Å². The summed E-state index contributed by atoms with van der Waals surface area (Å²) in [5, 5.41) is 4.04. The van der Waals surface area contributed by atoms with E-state index >= 15 is 0 Å².